The lowest BCUT2D eigenvalue weighted by Crippen LogP contribution is -2.32. The summed E-state index contributed by atoms with van der Waals surface area (Å²) < 4.78 is 34.2. The average Bonchev–Trinajstić information content (AvgIpc) is 3.28. The summed E-state index contributed by atoms with van der Waals surface area (Å²) in [6.07, 6.45) is 0.971. The van der Waals surface area contributed by atoms with Gasteiger partial charge in [-0.25, -0.2) is 8.78 Å². The van der Waals surface area contributed by atoms with Gasteiger partial charge in [0.2, 0.25) is 5.91 Å². The number of anilines is 1. The first kappa shape index (κ1) is 28.5. The number of aliphatic hydroxyl groups excluding tert-OH is 1. The van der Waals surface area contributed by atoms with Crippen LogP contribution in [0.3, 0.4) is 0 Å². The number of ether oxygens (including phenoxy) is 1. The van der Waals surface area contributed by atoms with E-state index in [2.05, 4.69) is 10.4 Å². The van der Waals surface area contributed by atoms with Crippen molar-refractivity contribution in [2.45, 2.75) is 25.8 Å². The summed E-state index contributed by atoms with van der Waals surface area (Å²) in [7, 11) is 3.17. The van der Waals surface area contributed by atoms with E-state index in [1.807, 2.05) is 6.20 Å². The first-order chi connectivity index (χ1) is 19.0. The molecule has 2 heterocycles. The summed E-state index contributed by atoms with van der Waals surface area (Å²) in [4.78, 5) is 26.6. The Kier molecular flexibility index (Phi) is 8.34. The summed E-state index contributed by atoms with van der Waals surface area (Å²) in [5, 5.41) is 26.0. The Morgan fingerprint density at radius 1 is 1.20 bits per heavy atom. The summed E-state index contributed by atoms with van der Waals surface area (Å²) in [5.41, 5.74) is 0.964. The number of halogens is 3. The van der Waals surface area contributed by atoms with Crippen molar-refractivity contribution >= 4 is 39.8 Å². The van der Waals surface area contributed by atoms with Gasteiger partial charge >= 0.3 is 0 Å². The van der Waals surface area contributed by atoms with Gasteiger partial charge in [0.05, 0.1) is 24.5 Å². The molecule has 0 radical (unpaired) electrons. The maximum Gasteiger partial charge on any atom is 0.294 e. The van der Waals surface area contributed by atoms with Crippen LogP contribution in [0.15, 0.2) is 71.5 Å². The monoisotopic (exact) mass is 569 g/mol. The zero-order valence-corrected chi connectivity index (χ0v) is 22.5. The molecular weight excluding hydrogens is 544 g/mol. The van der Waals surface area contributed by atoms with Gasteiger partial charge in [0.25, 0.3) is 12.0 Å². The highest BCUT2D eigenvalue weighted by atomic mass is 35.5. The van der Waals surface area contributed by atoms with Crippen molar-refractivity contribution in [1.29, 1.82) is 5.41 Å². The minimum Gasteiger partial charge on any atom is -0.506 e. The number of amides is 1. The molecule has 0 spiro atoms. The van der Waals surface area contributed by atoms with Crippen LogP contribution in [0.25, 0.3) is 22.0 Å². The molecule has 12 heteroatoms. The van der Waals surface area contributed by atoms with Gasteiger partial charge < -0.3 is 20.6 Å². The number of nitrogens with one attached hydrogen (secondary N) is 2. The Hall–Kier alpha value is -4.51. The quantitative estimate of drug-likeness (QED) is 0.175. The van der Waals surface area contributed by atoms with Crippen LogP contribution in [-0.2, 0) is 11.8 Å². The second kappa shape index (κ2) is 11.7. The molecule has 0 aliphatic rings. The lowest BCUT2D eigenvalue weighted by Gasteiger charge is -2.21. The van der Waals surface area contributed by atoms with E-state index in [4.69, 9.17) is 21.7 Å². The molecule has 40 heavy (non-hydrogen) atoms. The Balaban J connectivity index is 1.72. The van der Waals surface area contributed by atoms with E-state index in [0.717, 1.165) is 10.9 Å². The number of hydrogen-bond acceptors (Lipinski definition) is 6. The molecular formula is C28H26ClF2N5O4. The predicted octanol–water partition coefficient (Wildman–Crippen LogP) is 5.73. The van der Waals surface area contributed by atoms with Crippen LogP contribution in [-0.4, -0.2) is 44.6 Å². The average molecular weight is 570 g/mol. The van der Waals surface area contributed by atoms with Crippen LogP contribution >= 0.6 is 11.6 Å². The number of fused-ring (bicyclic) bond motifs is 1. The van der Waals surface area contributed by atoms with E-state index in [-0.39, 0.29) is 33.9 Å². The molecule has 4 aromatic rings. The number of carbonyl (C=O) groups is 1. The van der Waals surface area contributed by atoms with Gasteiger partial charge in [-0.05, 0) is 42.3 Å². The van der Waals surface area contributed by atoms with Crippen LogP contribution < -0.4 is 15.6 Å². The van der Waals surface area contributed by atoms with E-state index in [9.17, 15) is 23.5 Å². The molecule has 0 saturated heterocycles. The molecule has 4 rings (SSSR count). The molecule has 0 fully saturated rings. The largest absolute Gasteiger partial charge is 0.506 e. The van der Waals surface area contributed by atoms with Gasteiger partial charge in [-0.2, -0.15) is 5.10 Å². The van der Waals surface area contributed by atoms with E-state index < -0.39 is 35.4 Å². The van der Waals surface area contributed by atoms with Gasteiger partial charge in [-0.3, -0.25) is 18.8 Å². The van der Waals surface area contributed by atoms with Crippen molar-refractivity contribution in [2.24, 2.45) is 7.05 Å². The highest BCUT2D eigenvalue weighted by Gasteiger charge is 2.23. The third-order valence-corrected chi connectivity index (χ3v) is 6.49. The number of aromatic nitrogens is 3. The van der Waals surface area contributed by atoms with Crippen molar-refractivity contribution < 1.29 is 23.4 Å². The smallest absolute Gasteiger partial charge is 0.294 e. The summed E-state index contributed by atoms with van der Waals surface area (Å²) in [5.74, 6) is -1.51. The molecule has 3 N–H and O–H groups in total. The number of hydrogen-bond donors (Lipinski definition) is 3. The zero-order valence-electron chi connectivity index (χ0n) is 21.8. The number of methoxy groups -OCH3 is 1. The fraction of sp³-hybridized carbons (Fsp3) is 0.214. The first-order valence-corrected chi connectivity index (χ1v) is 12.5. The van der Waals surface area contributed by atoms with Crippen LogP contribution in [0, 0.1) is 5.41 Å². The molecule has 1 amide bonds. The third-order valence-electron chi connectivity index (χ3n) is 6.25. The van der Waals surface area contributed by atoms with E-state index >= 15 is 0 Å². The molecule has 1 atom stereocenters. The number of benzene rings is 2. The zero-order chi connectivity index (χ0) is 29.1. The molecule has 208 valence electrons. The van der Waals surface area contributed by atoms with Crippen molar-refractivity contribution in [1.82, 2.24) is 14.3 Å². The fourth-order valence-electron chi connectivity index (χ4n) is 4.37. The lowest BCUT2D eigenvalue weighted by molar-refractivity contribution is -0.119. The molecule has 2 aromatic heterocycles. The molecule has 1 unspecified atom stereocenters. The van der Waals surface area contributed by atoms with Gasteiger partial charge in [-0.1, -0.05) is 24.6 Å². The van der Waals surface area contributed by atoms with Crippen molar-refractivity contribution in [2.75, 3.05) is 12.4 Å². The Bertz CT molecular complexity index is 1700. The van der Waals surface area contributed by atoms with Gasteiger partial charge in [0, 0.05) is 52.6 Å². The maximum absolute atomic E-state index is 13.3. The highest BCUT2D eigenvalue weighted by Crippen LogP contribution is 2.34. The van der Waals surface area contributed by atoms with Crippen molar-refractivity contribution in [3.8, 4) is 16.9 Å². The molecule has 2 aromatic carbocycles. The topological polar surface area (TPSA) is 122 Å². The Labute approximate surface area is 232 Å². The van der Waals surface area contributed by atoms with Gasteiger partial charge in [0.1, 0.15) is 11.8 Å². The Morgan fingerprint density at radius 2 is 1.95 bits per heavy atom. The first-order valence-electron chi connectivity index (χ1n) is 12.1. The standard InChI is InChI=1S/C28H26ClF2N5O4/c1-4-23(28(39)33-17-6-8-22-15(9-17)13-35(2)34-22)36-14-25(40-3)20(11-26(36)38)19-10-16(29)5-7-18(19)21(32)12-24(37)27(30)31/h5-14,23,27,32,37H,4H2,1-3H3,(H,33,39)/b24-12-,32-21?. The third kappa shape index (κ3) is 5.89. The number of carbonyl (C=O) groups excluding carboxylic acids is 1. The lowest BCUT2D eigenvalue weighted by atomic mass is 9.96. The number of rotatable bonds is 9. The number of pyridine rings is 1. The van der Waals surface area contributed by atoms with Crippen LogP contribution in [0.4, 0.5) is 14.5 Å². The highest BCUT2D eigenvalue weighted by molar-refractivity contribution is 6.31. The molecule has 0 bridgehead atoms. The number of aryl methyl sites for hydroxylation is 1. The SMILES string of the molecule is CCC(C(=O)Nc1ccc2nn(C)cc2c1)n1cc(OC)c(-c2cc(Cl)ccc2C(=N)/C=C(\O)C(F)F)cc1=O. The molecule has 0 saturated carbocycles. The number of alkyl halides is 2. The number of aliphatic hydroxyl groups is 1. The minimum atomic E-state index is -3.15. The normalized spacial score (nSPS) is 12.5. The van der Waals surface area contributed by atoms with E-state index in [0.29, 0.717) is 11.8 Å². The number of allylic oxidation sites excluding steroid dienone is 2. The molecule has 9 nitrogen and oxygen atoms in total. The van der Waals surface area contributed by atoms with Crippen molar-refractivity contribution in [3.63, 3.8) is 0 Å². The molecule has 0 aliphatic carbocycles. The number of nitrogens with zero attached hydrogens (tertiary/aromatic N) is 3. The van der Waals surface area contributed by atoms with Gasteiger partial charge in [0.15, 0.2) is 5.76 Å². The van der Waals surface area contributed by atoms with Crippen molar-refractivity contribution in [3.05, 3.63) is 87.6 Å². The summed E-state index contributed by atoms with van der Waals surface area (Å²) in [6, 6.07) is 9.97. The minimum absolute atomic E-state index is 0.127. The van der Waals surface area contributed by atoms with Crippen LogP contribution in [0.1, 0.15) is 24.9 Å². The Morgan fingerprint density at radius 3 is 2.62 bits per heavy atom. The van der Waals surface area contributed by atoms with Gasteiger partial charge in [-0.15, -0.1) is 0 Å². The predicted molar refractivity (Wildman–Crippen MR) is 150 cm³/mol. The summed E-state index contributed by atoms with van der Waals surface area (Å²) in [6.45, 7) is 1.76. The maximum atomic E-state index is 13.3. The van der Waals surface area contributed by atoms with E-state index in [1.54, 1.807) is 36.9 Å². The van der Waals surface area contributed by atoms with E-state index in [1.165, 1.54) is 42.1 Å². The molecule has 0 aliphatic heterocycles. The van der Waals surface area contributed by atoms with Crippen LogP contribution in [0.2, 0.25) is 5.02 Å². The van der Waals surface area contributed by atoms with Crippen LogP contribution in [0.5, 0.6) is 5.75 Å². The fourth-order valence-corrected chi connectivity index (χ4v) is 4.54. The second-order valence-electron chi connectivity index (χ2n) is 8.96. The second-order valence-corrected chi connectivity index (χ2v) is 9.40. The summed E-state index contributed by atoms with van der Waals surface area (Å²) >= 11 is 6.19.